The van der Waals surface area contributed by atoms with Gasteiger partial charge in [-0.1, -0.05) is 33.1 Å². The van der Waals surface area contributed by atoms with Gasteiger partial charge in [-0.3, -0.25) is 0 Å². The van der Waals surface area contributed by atoms with Crippen LogP contribution in [-0.4, -0.2) is 28.1 Å². The van der Waals surface area contributed by atoms with Crippen molar-refractivity contribution < 1.29 is 0 Å². The van der Waals surface area contributed by atoms with Crippen LogP contribution in [-0.2, 0) is 13.1 Å². The van der Waals surface area contributed by atoms with E-state index in [1.807, 2.05) is 12.4 Å². The minimum Gasteiger partial charge on any atom is -0.357 e. The Morgan fingerprint density at radius 3 is 2.82 bits per heavy atom. The van der Waals surface area contributed by atoms with Crippen LogP contribution in [0, 0.1) is 5.92 Å². The quantitative estimate of drug-likeness (QED) is 0.627. The van der Waals surface area contributed by atoms with Crippen molar-refractivity contribution in [3.05, 3.63) is 18.2 Å². The van der Waals surface area contributed by atoms with Gasteiger partial charge in [0, 0.05) is 31.5 Å². The normalized spacial score (nSPS) is 17.0. The van der Waals surface area contributed by atoms with Crippen molar-refractivity contribution in [1.82, 2.24) is 20.2 Å². The summed E-state index contributed by atoms with van der Waals surface area (Å²) in [5, 5.41) is 6.94. The van der Waals surface area contributed by atoms with Crippen molar-refractivity contribution in [3.63, 3.8) is 0 Å². The molecule has 0 atom stereocenters. The summed E-state index contributed by atoms with van der Waals surface area (Å²) in [5.74, 6) is 2.58. The topological polar surface area (TPSA) is 54.2 Å². The van der Waals surface area contributed by atoms with Gasteiger partial charge in [0.15, 0.2) is 5.96 Å². The van der Waals surface area contributed by atoms with Crippen molar-refractivity contribution in [2.75, 3.05) is 6.54 Å². The van der Waals surface area contributed by atoms with Gasteiger partial charge in [-0.05, 0) is 25.7 Å². The fourth-order valence-corrected chi connectivity index (χ4v) is 2.96. The fraction of sp³-hybridized carbons (Fsp3) is 0.765. The van der Waals surface area contributed by atoms with E-state index in [1.54, 1.807) is 0 Å². The molecule has 0 aliphatic heterocycles. The molecule has 22 heavy (non-hydrogen) atoms. The summed E-state index contributed by atoms with van der Waals surface area (Å²) in [4.78, 5) is 9.18. The van der Waals surface area contributed by atoms with Gasteiger partial charge in [-0.25, -0.2) is 9.98 Å². The van der Waals surface area contributed by atoms with Crippen LogP contribution in [0.4, 0.5) is 0 Å². The molecule has 1 aliphatic rings. The standard InChI is InChI=1S/C17H31N5/c1-4-18-17(21-15-8-6-5-7-9-15)20-12-16-19-10-11-22(16)13-14(2)3/h10-11,14-15H,4-9,12-13H2,1-3H3,(H2,18,20,21). The molecule has 1 fully saturated rings. The Morgan fingerprint density at radius 1 is 1.36 bits per heavy atom. The van der Waals surface area contributed by atoms with E-state index in [1.165, 1.54) is 32.1 Å². The van der Waals surface area contributed by atoms with Crippen molar-refractivity contribution in [2.45, 2.75) is 72.0 Å². The van der Waals surface area contributed by atoms with E-state index < -0.39 is 0 Å². The molecule has 5 heteroatoms. The SMILES string of the molecule is CCNC(=NCc1nccn1CC(C)C)NC1CCCCC1. The lowest BCUT2D eigenvalue weighted by Gasteiger charge is -2.24. The first-order valence-corrected chi connectivity index (χ1v) is 8.74. The second kappa shape index (κ2) is 8.81. The first-order chi connectivity index (χ1) is 10.7. The molecule has 124 valence electrons. The number of nitrogens with one attached hydrogen (secondary N) is 2. The van der Waals surface area contributed by atoms with Gasteiger partial charge in [0.2, 0.25) is 0 Å². The third-order valence-electron chi connectivity index (χ3n) is 4.03. The summed E-state index contributed by atoms with van der Waals surface area (Å²) in [6.45, 7) is 9.07. The highest BCUT2D eigenvalue weighted by Crippen LogP contribution is 2.17. The number of hydrogen-bond acceptors (Lipinski definition) is 2. The first-order valence-electron chi connectivity index (χ1n) is 8.74. The van der Waals surface area contributed by atoms with Gasteiger partial charge in [0.25, 0.3) is 0 Å². The van der Waals surface area contributed by atoms with E-state index in [-0.39, 0.29) is 0 Å². The van der Waals surface area contributed by atoms with Crippen molar-refractivity contribution in [1.29, 1.82) is 0 Å². The molecule has 0 radical (unpaired) electrons. The van der Waals surface area contributed by atoms with Crippen molar-refractivity contribution in [2.24, 2.45) is 10.9 Å². The van der Waals surface area contributed by atoms with E-state index in [4.69, 9.17) is 4.99 Å². The molecule has 1 aliphatic carbocycles. The molecule has 0 spiro atoms. The van der Waals surface area contributed by atoms with Crippen molar-refractivity contribution in [3.8, 4) is 0 Å². The summed E-state index contributed by atoms with van der Waals surface area (Å²) < 4.78 is 2.21. The largest absolute Gasteiger partial charge is 0.357 e. The molecule has 1 heterocycles. The summed E-state index contributed by atoms with van der Waals surface area (Å²) in [6, 6.07) is 0.571. The molecule has 0 aromatic carbocycles. The predicted molar refractivity (Wildman–Crippen MR) is 91.9 cm³/mol. The highest BCUT2D eigenvalue weighted by Gasteiger charge is 2.14. The molecule has 2 N–H and O–H groups in total. The van der Waals surface area contributed by atoms with Crippen LogP contribution in [0.25, 0.3) is 0 Å². The molecule has 0 unspecified atom stereocenters. The lowest BCUT2D eigenvalue weighted by molar-refractivity contribution is 0.410. The number of nitrogens with zero attached hydrogens (tertiary/aromatic N) is 3. The maximum absolute atomic E-state index is 4.73. The molecule has 1 aromatic heterocycles. The zero-order chi connectivity index (χ0) is 15.8. The van der Waals surface area contributed by atoms with E-state index in [0.717, 1.165) is 24.9 Å². The van der Waals surface area contributed by atoms with Crippen LogP contribution in [0.1, 0.15) is 58.7 Å². The number of rotatable bonds is 6. The molecule has 1 saturated carbocycles. The third kappa shape index (κ3) is 5.35. The van der Waals surface area contributed by atoms with Crippen molar-refractivity contribution >= 4 is 5.96 Å². The zero-order valence-electron chi connectivity index (χ0n) is 14.3. The highest BCUT2D eigenvalue weighted by atomic mass is 15.2. The van der Waals surface area contributed by atoms with Gasteiger partial charge in [-0.2, -0.15) is 0 Å². The van der Waals surface area contributed by atoms with Gasteiger partial charge >= 0.3 is 0 Å². The average molecular weight is 305 g/mol. The van der Waals surface area contributed by atoms with Crippen LogP contribution in [0.15, 0.2) is 17.4 Å². The summed E-state index contributed by atoms with van der Waals surface area (Å²) >= 11 is 0. The lowest BCUT2D eigenvalue weighted by Crippen LogP contribution is -2.44. The Kier molecular flexibility index (Phi) is 6.74. The minimum atomic E-state index is 0.571. The lowest BCUT2D eigenvalue weighted by atomic mass is 9.96. The Morgan fingerprint density at radius 2 is 2.14 bits per heavy atom. The molecule has 0 bridgehead atoms. The number of aromatic nitrogens is 2. The minimum absolute atomic E-state index is 0.571. The van der Waals surface area contributed by atoms with Crippen LogP contribution in [0.2, 0.25) is 0 Å². The molecule has 1 aromatic rings. The fourth-order valence-electron chi connectivity index (χ4n) is 2.96. The van der Waals surface area contributed by atoms with Crippen LogP contribution in [0.3, 0.4) is 0 Å². The number of guanidine groups is 1. The van der Waals surface area contributed by atoms with Gasteiger partial charge in [0.1, 0.15) is 12.4 Å². The van der Waals surface area contributed by atoms with Crippen LogP contribution < -0.4 is 10.6 Å². The average Bonchev–Trinajstić information content (AvgIpc) is 2.92. The molecule has 0 amide bonds. The monoisotopic (exact) mass is 305 g/mol. The maximum atomic E-state index is 4.73. The van der Waals surface area contributed by atoms with E-state index in [0.29, 0.717) is 18.5 Å². The number of aliphatic imine (C=N–C) groups is 1. The Balaban J connectivity index is 1.95. The van der Waals surface area contributed by atoms with E-state index in [2.05, 4.69) is 41.0 Å². The summed E-state index contributed by atoms with van der Waals surface area (Å²) in [7, 11) is 0. The summed E-state index contributed by atoms with van der Waals surface area (Å²) in [6.07, 6.45) is 10.5. The predicted octanol–water partition coefficient (Wildman–Crippen LogP) is 2.93. The number of hydrogen-bond donors (Lipinski definition) is 2. The van der Waals surface area contributed by atoms with Gasteiger partial charge < -0.3 is 15.2 Å². The molecular formula is C17H31N5. The Hall–Kier alpha value is -1.52. The Labute approximate surface area is 134 Å². The zero-order valence-corrected chi connectivity index (χ0v) is 14.3. The van der Waals surface area contributed by atoms with Gasteiger partial charge in [-0.15, -0.1) is 0 Å². The highest BCUT2D eigenvalue weighted by molar-refractivity contribution is 5.80. The Bertz CT molecular complexity index is 457. The van der Waals surface area contributed by atoms with Crippen LogP contribution >= 0.6 is 0 Å². The number of imidazole rings is 1. The summed E-state index contributed by atoms with van der Waals surface area (Å²) in [5.41, 5.74) is 0. The molecule has 2 rings (SSSR count). The smallest absolute Gasteiger partial charge is 0.191 e. The molecule has 0 saturated heterocycles. The molecule has 5 nitrogen and oxygen atoms in total. The van der Waals surface area contributed by atoms with Gasteiger partial charge in [0.05, 0.1) is 0 Å². The third-order valence-corrected chi connectivity index (χ3v) is 4.03. The van der Waals surface area contributed by atoms with E-state index >= 15 is 0 Å². The maximum Gasteiger partial charge on any atom is 0.191 e. The second-order valence-corrected chi connectivity index (χ2v) is 6.56. The van der Waals surface area contributed by atoms with Crippen LogP contribution in [0.5, 0.6) is 0 Å². The van der Waals surface area contributed by atoms with E-state index in [9.17, 15) is 0 Å². The molecular weight excluding hydrogens is 274 g/mol. The first kappa shape index (κ1) is 16.8. The second-order valence-electron chi connectivity index (χ2n) is 6.56.